The van der Waals surface area contributed by atoms with Crippen LogP contribution in [-0.4, -0.2) is 28.1 Å². The highest BCUT2D eigenvalue weighted by Gasteiger charge is 2.16. The number of methoxy groups -OCH3 is 1. The van der Waals surface area contributed by atoms with Crippen molar-refractivity contribution in [2.45, 2.75) is 18.7 Å². The summed E-state index contributed by atoms with van der Waals surface area (Å²) in [6, 6.07) is 10.7. The van der Waals surface area contributed by atoms with Crippen molar-refractivity contribution in [1.29, 1.82) is 0 Å². The van der Waals surface area contributed by atoms with Gasteiger partial charge in [-0.25, -0.2) is 13.2 Å². The van der Waals surface area contributed by atoms with Gasteiger partial charge in [-0.05, 0) is 61.9 Å². The fourth-order valence-electron chi connectivity index (χ4n) is 2.08. The lowest BCUT2D eigenvalue weighted by Gasteiger charge is -2.12. The summed E-state index contributed by atoms with van der Waals surface area (Å²) in [5.41, 5.74) is 1.40. The Kier molecular flexibility index (Phi) is 5.46. The van der Waals surface area contributed by atoms with Crippen LogP contribution in [0.4, 0.5) is 5.69 Å². The first-order valence-corrected chi connectivity index (χ1v) is 8.80. The molecule has 0 saturated carbocycles. The van der Waals surface area contributed by atoms with Gasteiger partial charge in [0.2, 0.25) is 0 Å². The Morgan fingerprint density at radius 2 is 1.79 bits per heavy atom. The maximum absolute atomic E-state index is 12.4. The van der Waals surface area contributed by atoms with Crippen molar-refractivity contribution in [2.75, 3.05) is 18.4 Å². The number of rotatable bonds is 6. The molecule has 2 aromatic rings. The standard InChI is InChI=1S/C17H19NO5S/c1-4-23-17(19)13-5-10-16(12(2)11-13)18-24(20,21)15-8-6-14(22-3)7-9-15/h5-11,18H,4H2,1-3H3. The number of ether oxygens (including phenoxy) is 2. The van der Waals surface area contributed by atoms with E-state index in [9.17, 15) is 13.2 Å². The molecule has 24 heavy (non-hydrogen) atoms. The predicted octanol–water partition coefficient (Wildman–Crippen LogP) is 2.98. The van der Waals surface area contributed by atoms with Gasteiger partial charge in [-0.1, -0.05) is 0 Å². The number of aryl methyl sites for hydroxylation is 1. The Hall–Kier alpha value is -2.54. The van der Waals surface area contributed by atoms with E-state index in [2.05, 4.69) is 4.72 Å². The Morgan fingerprint density at radius 3 is 2.33 bits per heavy atom. The molecular weight excluding hydrogens is 330 g/mol. The molecule has 7 heteroatoms. The van der Waals surface area contributed by atoms with Crippen LogP contribution in [0.3, 0.4) is 0 Å². The highest BCUT2D eigenvalue weighted by atomic mass is 32.2. The van der Waals surface area contributed by atoms with Crippen molar-refractivity contribution in [2.24, 2.45) is 0 Å². The zero-order valence-electron chi connectivity index (χ0n) is 13.7. The van der Waals surface area contributed by atoms with E-state index in [-0.39, 0.29) is 11.5 Å². The van der Waals surface area contributed by atoms with Gasteiger partial charge in [0.25, 0.3) is 10.0 Å². The summed E-state index contributed by atoms with van der Waals surface area (Å²) in [7, 11) is -2.22. The predicted molar refractivity (Wildman–Crippen MR) is 90.9 cm³/mol. The van der Waals surface area contributed by atoms with E-state index in [1.54, 1.807) is 38.1 Å². The number of hydrogen-bond donors (Lipinski definition) is 1. The minimum atomic E-state index is -3.73. The van der Waals surface area contributed by atoms with Crippen LogP contribution in [0, 0.1) is 6.92 Å². The first-order chi connectivity index (χ1) is 11.4. The zero-order chi connectivity index (χ0) is 17.7. The summed E-state index contributed by atoms with van der Waals surface area (Å²) in [6.07, 6.45) is 0. The Morgan fingerprint density at radius 1 is 1.12 bits per heavy atom. The lowest BCUT2D eigenvalue weighted by atomic mass is 10.1. The summed E-state index contributed by atoms with van der Waals surface area (Å²) >= 11 is 0. The van der Waals surface area contributed by atoms with Crippen LogP contribution < -0.4 is 9.46 Å². The number of carbonyl (C=O) groups is 1. The molecule has 0 amide bonds. The minimum absolute atomic E-state index is 0.122. The van der Waals surface area contributed by atoms with E-state index in [1.807, 2.05) is 0 Å². The van der Waals surface area contributed by atoms with Gasteiger partial charge in [-0.3, -0.25) is 4.72 Å². The van der Waals surface area contributed by atoms with E-state index >= 15 is 0 Å². The Bertz CT molecular complexity index is 829. The van der Waals surface area contributed by atoms with Crippen LogP contribution in [0.25, 0.3) is 0 Å². The van der Waals surface area contributed by atoms with Crippen molar-refractivity contribution in [3.63, 3.8) is 0 Å². The van der Waals surface area contributed by atoms with Crippen molar-refractivity contribution >= 4 is 21.7 Å². The van der Waals surface area contributed by atoms with Crippen LogP contribution in [-0.2, 0) is 14.8 Å². The molecule has 0 aliphatic heterocycles. The fraction of sp³-hybridized carbons (Fsp3) is 0.235. The molecule has 0 atom stereocenters. The highest BCUT2D eigenvalue weighted by Crippen LogP contribution is 2.22. The molecule has 0 bridgehead atoms. The SMILES string of the molecule is CCOC(=O)c1ccc(NS(=O)(=O)c2ccc(OC)cc2)c(C)c1. The van der Waals surface area contributed by atoms with Crippen LogP contribution in [0.5, 0.6) is 5.75 Å². The number of anilines is 1. The number of esters is 1. The van der Waals surface area contributed by atoms with Gasteiger partial charge >= 0.3 is 5.97 Å². The number of hydrogen-bond acceptors (Lipinski definition) is 5. The first-order valence-electron chi connectivity index (χ1n) is 7.32. The molecule has 0 heterocycles. The van der Waals surface area contributed by atoms with E-state index in [0.29, 0.717) is 22.6 Å². The number of carbonyl (C=O) groups excluding carboxylic acids is 1. The molecule has 2 rings (SSSR count). The molecule has 0 aromatic heterocycles. The lowest BCUT2D eigenvalue weighted by molar-refractivity contribution is 0.0526. The quantitative estimate of drug-likeness (QED) is 0.811. The molecule has 1 N–H and O–H groups in total. The zero-order valence-corrected chi connectivity index (χ0v) is 14.5. The topological polar surface area (TPSA) is 81.7 Å². The second-order valence-corrected chi connectivity index (χ2v) is 6.71. The normalized spacial score (nSPS) is 11.0. The average molecular weight is 349 g/mol. The molecule has 0 unspecified atom stereocenters. The molecule has 0 aliphatic rings. The molecule has 0 radical (unpaired) electrons. The van der Waals surface area contributed by atoms with Crippen LogP contribution >= 0.6 is 0 Å². The summed E-state index contributed by atoms with van der Waals surface area (Å²) < 4.78 is 37.3. The van der Waals surface area contributed by atoms with Gasteiger partial charge in [0.05, 0.1) is 29.9 Å². The molecule has 6 nitrogen and oxygen atoms in total. The summed E-state index contributed by atoms with van der Waals surface area (Å²) in [5, 5.41) is 0. The van der Waals surface area contributed by atoms with Crippen molar-refractivity contribution < 1.29 is 22.7 Å². The van der Waals surface area contributed by atoms with Crippen LogP contribution in [0.15, 0.2) is 47.4 Å². The number of sulfonamides is 1. The average Bonchev–Trinajstić information content (AvgIpc) is 2.57. The molecule has 128 valence electrons. The van der Waals surface area contributed by atoms with Crippen molar-refractivity contribution in [1.82, 2.24) is 0 Å². The maximum atomic E-state index is 12.4. The van der Waals surface area contributed by atoms with E-state index in [4.69, 9.17) is 9.47 Å². The summed E-state index contributed by atoms with van der Waals surface area (Å²) in [4.78, 5) is 11.8. The Balaban J connectivity index is 2.24. The van der Waals surface area contributed by atoms with Gasteiger partial charge in [0.1, 0.15) is 5.75 Å². The van der Waals surface area contributed by atoms with Gasteiger partial charge < -0.3 is 9.47 Å². The fourth-order valence-corrected chi connectivity index (χ4v) is 3.21. The molecule has 0 aliphatic carbocycles. The molecule has 0 spiro atoms. The van der Waals surface area contributed by atoms with E-state index < -0.39 is 16.0 Å². The Labute approximate surface area is 141 Å². The van der Waals surface area contributed by atoms with E-state index in [1.165, 1.54) is 25.3 Å². The number of nitrogens with one attached hydrogen (secondary N) is 1. The minimum Gasteiger partial charge on any atom is -0.497 e. The maximum Gasteiger partial charge on any atom is 0.338 e. The van der Waals surface area contributed by atoms with Gasteiger partial charge in [-0.15, -0.1) is 0 Å². The summed E-state index contributed by atoms with van der Waals surface area (Å²) in [5.74, 6) is 0.133. The van der Waals surface area contributed by atoms with Crippen LogP contribution in [0.1, 0.15) is 22.8 Å². The van der Waals surface area contributed by atoms with Gasteiger partial charge in [0, 0.05) is 0 Å². The van der Waals surface area contributed by atoms with Crippen molar-refractivity contribution in [3.05, 3.63) is 53.6 Å². The molecular formula is C17H19NO5S. The lowest BCUT2D eigenvalue weighted by Crippen LogP contribution is -2.14. The highest BCUT2D eigenvalue weighted by molar-refractivity contribution is 7.92. The third kappa shape index (κ3) is 4.05. The third-order valence-electron chi connectivity index (χ3n) is 3.35. The molecule has 0 saturated heterocycles. The largest absolute Gasteiger partial charge is 0.497 e. The number of benzene rings is 2. The first kappa shape index (κ1) is 17.8. The molecule has 0 fully saturated rings. The smallest absolute Gasteiger partial charge is 0.338 e. The second-order valence-electron chi connectivity index (χ2n) is 5.03. The summed E-state index contributed by atoms with van der Waals surface area (Å²) in [6.45, 7) is 3.72. The second kappa shape index (κ2) is 7.35. The van der Waals surface area contributed by atoms with Gasteiger partial charge in [0.15, 0.2) is 0 Å². The molecule has 2 aromatic carbocycles. The van der Waals surface area contributed by atoms with Crippen molar-refractivity contribution in [3.8, 4) is 5.75 Å². The van der Waals surface area contributed by atoms with Crippen LogP contribution in [0.2, 0.25) is 0 Å². The monoisotopic (exact) mass is 349 g/mol. The van der Waals surface area contributed by atoms with Gasteiger partial charge in [-0.2, -0.15) is 0 Å². The third-order valence-corrected chi connectivity index (χ3v) is 4.73. The van der Waals surface area contributed by atoms with E-state index in [0.717, 1.165) is 0 Å².